The average molecular weight is 567 g/mol. The third-order valence-electron chi connectivity index (χ3n) is 7.16. The first kappa shape index (κ1) is 30.3. The van der Waals surface area contributed by atoms with E-state index in [0.29, 0.717) is 57.1 Å². The maximum atomic E-state index is 13.6. The molecule has 9 heteroatoms. The Kier molecular flexibility index (Phi) is 11.0. The molecule has 218 valence electrons. The van der Waals surface area contributed by atoms with Gasteiger partial charge in [-0.25, -0.2) is 8.78 Å². The number of rotatable bonds is 15. The number of benzene rings is 3. The molecule has 0 saturated carbocycles. The fourth-order valence-corrected chi connectivity index (χ4v) is 5.00. The molecule has 2 amide bonds. The van der Waals surface area contributed by atoms with Crippen molar-refractivity contribution in [3.8, 4) is 0 Å². The summed E-state index contributed by atoms with van der Waals surface area (Å²) in [6.45, 7) is 4.09. The van der Waals surface area contributed by atoms with Crippen LogP contribution in [0.15, 0.2) is 72.8 Å². The van der Waals surface area contributed by atoms with E-state index in [4.69, 9.17) is 9.47 Å². The molecule has 3 atom stereocenters. The minimum Gasteiger partial charge on any atom is -0.388 e. The summed E-state index contributed by atoms with van der Waals surface area (Å²) < 4.78 is 37.5. The number of aliphatic hydroxyl groups is 1. The van der Waals surface area contributed by atoms with Crippen molar-refractivity contribution in [2.24, 2.45) is 5.92 Å². The number of ether oxygens (including phenoxy) is 2. The number of anilines is 1. The van der Waals surface area contributed by atoms with E-state index in [9.17, 15) is 23.5 Å². The van der Waals surface area contributed by atoms with Gasteiger partial charge in [0.05, 0.1) is 37.9 Å². The smallest absolute Gasteiger partial charge is 0.233 e. The van der Waals surface area contributed by atoms with Crippen molar-refractivity contribution in [3.63, 3.8) is 0 Å². The summed E-state index contributed by atoms with van der Waals surface area (Å²) in [5.41, 5.74) is 2.92. The Morgan fingerprint density at radius 3 is 2.37 bits per heavy atom. The summed E-state index contributed by atoms with van der Waals surface area (Å²) in [5.74, 6) is -1.43. The van der Waals surface area contributed by atoms with Crippen molar-refractivity contribution in [2.75, 3.05) is 31.3 Å². The summed E-state index contributed by atoms with van der Waals surface area (Å²) in [4.78, 5) is 27.3. The van der Waals surface area contributed by atoms with Gasteiger partial charge in [0.25, 0.3) is 0 Å². The van der Waals surface area contributed by atoms with E-state index < -0.39 is 17.8 Å². The molecule has 7 nitrogen and oxygen atoms in total. The Balaban J connectivity index is 1.42. The number of amides is 2. The highest BCUT2D eigenvalue weighted by atomic mass is 19.1. The quantitative estimate of drug-likeness (QED) is 0.194. The van der Waals surface area contributed by atoms with E-state index in [-0.39, 0.29) is 30.1 Å². The summed E-state index contributed by atoms with van der Waals surface area (Å²) in [5, 5.41) is 13.6. The Hall–Kier alpha value is -3.66. The van der Waals surface area contributed by atoms with Crippen LogP contribution in [-0.2, 0) is 25.6 Å². The molecular weight excluding hydrogens is 530 g/mol. The van der Waals surface area contributed by atoms with E-state index in [2.05, 4.69) is 5.32 Å². The van der Waals surface area contributed by atoms with Crippen LogP contribution in [0.2, 0.25) is 0 Å². The zero-order valence-electron chi connectivity index (χ0n) is 23.1. The Morgan fingerprint density at radius 1 is 0.976 bits per heavy atom. The van der Waals surface area contributed by atoms with E-state index in [1.165, 1.54) is 36.4 Å². The number of hydrogen-bond acceptors (Lipinski definition) is 5. The molecule has 1 aliphatic heterocycles. The number of halogens is 2. The second-order valence-corrected chi connectivity index (χ2v) is 9.96. The fraction of sp³-hybridized carbons (Fsp3) is 0.375. The normalized spacial score (nSPS) is 17.3. The van der Waals surface area contributed by atoms with Gasteiger partial charge in [0.2, 0.25) is 11.8 Å². The summed E-state index contributed by atoms with van der Waals surface area (Å²) in [6.07, 6.45) is 0.121. The maximum Gasteiger partial charge on any atom is 0.233 e. The molecule has 0 aromatic heterocycles. The van der Waals surface area contributed by atoms with Gasteiger partial charge in [0.1, 0.15) is 11.6 Å². The van der Waals surface area contributed by atoms with Crippen molar-refractivity contribution in [3.05, 3.63) is 101 Å². The van der Waals surface area contributed by atoms with Gasteiger partial charge in [0.15, 0.2) is 0 Å². The topological polar surface area (TPSA) is 88.1 Å². The van der Waals surface area contributed by atoms with Gasteiger partial charge in [0, 0.05) is 25.3 Å². The Labute approximate surface area is 239 Å². The molecule has 1 fully saturated rings. The molecule has 3 aromatic rings. The monoisotopic (exact) mass is 566 g/mol. The molecule has 1 aliphatic rings. The van der Waals surface area contributed by atoms with E-state index in [0.717, 1.165) is 11.1 Å². The average Bonchev–Trinajstić information content (AvgIpc) is 2.98. The lowest BCUT2D eigenvalue weighted by molar-refractivity contribution is -0.131. The predicted molar refractivity (Wildman–Crippen MR) is 151 cm³/mol. The van der Waals surface area contributed by atoms with Crippen LogP contribution in [0.25, 0.3) is 0 Å². The number of aliphatic hydroxyl groups excluding tert-OH is 1. The van der Waals surface area contributed by atoms with Gasteiger partial charge in [-0.1, -0.05) is 36.4 Å². The molecule has 1 heterocycles. The SMILES string of the molecule is CCOCCOCCC(=O)NCc1cccc(C2C(CCC(O)c3ccc(F)cc3)C(=O)N2c2ccc(F)cc2)c1. The number of hydrogen-bond donors (Lipinski definition) is 2. The van der Waals surface area contributed by atoms with Gasteiger partial charge < -0.3 is 24.8 Å². The van der Waals surface area contributed by atoms with Crippen molar-refractivity contribution in [2.45, 2.75) is 44.9 Å². The van der Waals surface area contributed by atoms with Crippen molar-refractivity contribution in [1.82, 2.24) is 5.32 Å². The molecule has 0 radical (unpaired) electrons. The van der Waals surface area contributed by atoms with E-state index in [1.54, 1.807) is 17.0 Å². The summed E-state index contributed by atoms with van der Waals surface area (Å²) in [6, 6.07) is 18.8. The number of β-lactam (4-membered cyclic amide) rings is 1. The van der Waals surface area contributed by atoms with Crippen LogP contribution in [0.5, 0.6) is 0 Å². The second-order valence-electron chi connectivity index (χ2n) is 9.96. The third kappa shape index (κ3) is 8.19. The summed E-state index contributed by atoms with van der Waals surface area (Å²) in [7, 11) is 0. The summed E-state index contributed by atoms with van der Waals surface area (Å²) >= 11 is 0. The molecule has 1 saturated heterocycles. The number of carbonyl (C=O) groups excluding carboxylic acids is 2. The Bertz CT molecular complexity index is 1290. The maximum absolute atomic E-state index is 13.6. The van der Waals surface area contributed by atoms with Crippen LogP contribution in [0.4, 0.5) is 14.5 Å². The van der Waals surface area contributed by atoms with Gasteiger partial charge >= 0.3 is 0 Å². The first-order valence-corrected chi connectivity index (χ1v) is 13.9. The molecule has 3 unspecified atom stereocenters. The number of nitrogens with one attached hydrogen (secondary N) is 1. The molecule has 4 rings (SSSR count). The molecule has 0 bridgehead atoms. The minimum absolute atomic E-state index is 0.115. The molecule has 0 aliphatic carbocycles. The molecule has 3 aromatic carbocycles. The largest absolute Gasteiger partial charge is 0.388 e. The lowest BCUT2D eigenvalue weighted by atomic mass is 9.78. The third-order valence-corrected chi connectivity index (χ3v) is 7.16. The number of nitrogens with zero attached hydrogens (tertiary/aromatic N) is 1. The zero-order chi connectivity index (χ0) is 29.2. The standard InChI is InChI=1S/C32H36F2N2O5/c1-2-40-18-19-41-17-16-30(38)35-21-22-4-3-5-24(20-22)31-28(14-15-29(37)23-6-8-25(33)9-7-23)32(39)36(31)27-12-10-26(34)11-13-27/h3-13,20,28-29,31,37H,2,14-19,21H2,1H3,(H,35,38). The highest BCUT2D eigenvalue weighted by Gasteiger charge is 2.48. The first-order valence-electron chi connectivity index (χ1n) is 13.9. The molecule has 2 N–H and O–H groups in total. The zero-order valence-corrected chi connectivity index (χ0v) is 23.1. The van der Waals surface area contributed by atoms with Crippen LogP contribution in [0, 0.1) is 17.6 Å². The molecule has 41 heavy (non-hydrogen) atoms. The van der Waals surface area contributed by atoms with Crippen LogP contribution in [0.3, 0.4) is 0 Å². The van der Waals surface area contributed by atoms with E-state index in [1.807, 2.05) is 31.2 Å². The highest BCUT2D eigenvalue weighted by Crippen LogP contribution is 2.46. The molecule has 0 spiro atoms. The van der Waals surface area contributed by atoms with Crippen LogP contribution < -0.4 is 10.2 Å². The lowest BCUT2D eigenvalue weighted by Crippen LogP contribution is -2.55. The fourth-order valence-electron chi connectivity index (χ4n) is 5.00. The van der Waals surface area contributed by atoms with Crippen molar-refractivity contribution >= 4 is 17.5 Å². The minimum atomic E-state index is -0.839. The van der Waals surface area contributed by atoms with Crippen LogP contribution >= 0.6 is 0 Å². The van der Waals surface area contributed by atoms with Crippen LogP contribution in [-0.4, -0.2) is 43.3 Å². The Morgan fingerprint density at radius 2 is 1.66 bits per heavy atom. The predicted octanol–water partition coefficient (Wildman–Crippen LogP) is 5.24. The van der Waals surface area contributed by atoms with E-state index >= 15 is 0 Å². The van der Waals surface area contributed by atoms with Crippen molar-refractivity contribution in [1.29, 1.82) is 0 Å². The number of carbonyl (C=O) groups is 2. The van der Waals surface area contributed by atoms with Gasteiger partial charge in [-0.2, -0.15) is 0 Å². The second kappa shape index (κ2) is 14.8. The lowest BCUT2D eigenvalue weighted by Gasteiger charge is -2.48. The van der Waals surface area contributed by atoms with Gasteiger partial charge in [-0.3, -0.25) is 9.59 Å². The highest BCUT2D eigenvalue weighted by molar-refractivity contribution is 6.03. The first-order chi connectivity index (χ1) is 19.9. The molecular formula is C32H36F2N2O5. The van der Waals surface area contributed by atoms with Gasteiger partial charge in [-0.15, -0.1) is 0 Å². The van der Waals surface area contributed by atoms with Crippen LogP contribution in [0.1, 0.15) is 55.0 Å². The van der Waals surface area contributed by atoms with Gasteiger partial charge in [-0.05, 0) is 72.9 Å². The van der Waals surface area contributed by atoms with Crippen molar-refractivity contribution < 1.29 is 33.0 Å².